The van der Waals surface area contributed by atoms with Crippen LogP contribution < -0.4 is 11.4 Å². The summed E-state index contributed by atoms with van der Waals surface area (Å²) in [5.74, 6) is -0.988. The van der Waals surface area contributed by atoms with Crippen LogP contribution in [-0.4, -0.2) is 49.7 Å². The molecule has 3 rings (SSSR count). The third-order valence-electron chi connectivity index (χ3n) is 3.86. The van der Waals surface area contributed by atoms with E-state index in [-0.39, 0.29) is 18.0 Å². The van der Waals surface area contributed by atoms with Gasteiger partial charge in [-0.2, -0.15) is 4.68 Å². The highest BCUT2D eigenvalue weighted by Gasteiger charge is 2.30. The monoisotopic (exact) mass is 334 g/mol. The molecule has 1 saturated heterocycles. The molecule has 10 heteroatoms. The Morgan fingerprint density at radius 3 is 2.83 bits per heavy atom. The zero-order chi connectivity index (χ0) is 17.3. The number of benzene rings is 1. The highest BCUT2D eigenvalue weighted by molar-refractivity contribution is 5.77. The number of nitrogens with zero attached hydrogens (tertiary/aromatic N) is 5. The second-order valence-corrected chi connectivity index (χ2v) is 5.62. The van der Waals surface area contributed by atoms with Gasteiger partial charge in [-0.15, -0.1) is 4.68 Å². The van der Waals surface area contributed by atoms with Crippen molar-refractivity contribution in [3.63, 3.8) is 0 Å². The fourth-order valence-electron chi connectivity index (χ4n) is 2.73. The van der Waals surface area contributed by atoms with Gasteiger partial charge in [0.25, 0.3) is 0 Å². The number of likely N-dealkylation sites (tertiary alicyclic amines) is 1. The molecule has 1 aliphatic rings. The lowest BCUT2D eigenvalue weighted by Gasteiger charge is -2.14. The number of carbonyl (C=O) groups is 2. The Hall–Kier alpha value is -3.04. The molecule has 0 spiro atoms. The fraction of sp³-hybridized carbons (Fsp3) is 0.357. The number of tetrazole rings is 1. The highest BCUT2D eigenvalue weighted by Crippen LogP contribution is 2.19. The van der Waals surface area contributed by atoms with Gasteiger partial charge in [-0.1, -0.05) is 6.07 Å². The predicted molar refractivity (Wildman–Crippen MR) is 79.9 cm³/mol. The zero-order valence-electron chi connectivity index (χ0n) is 12.6. The summed E-state index contributed by atoms with van der Waals surface area (Å²) in [6.07, 6.45) is 0.816. The first kappa shape index (κ1) is 15.8. The maximum atomic E-state index is 13.3. The Morgan fingerprint density at radius 1 is 1.33 bits per heavy atom. The van der Waals surface area contributed by atoms with Crippen LogP contribution in [0.2, 0.25) is 0 Å². The van der Waals surface area contributed by atoms with E-state index in [0.717, 1.165) is 10.7 Å². The molecular weight excluding hydrogens is 319 g/mol. The molecular formula is C14H15FN6O3. The molecule has 9 nitrogen and oxygen atoms in total. The van der Waals surface area contributed by atoms with Gasteiger partial charge in [-0.05, 0) is 41.0 Å². The topological polar surface area (TPSA) is 116 Å². The first-order chi connectivity index (χ1) is 11.5. The standard InChI is InChI=1S/C14H15FN6O3/c15-10-2-1-3-11(7-10)20-14(24)21(18-17-20)13(23)19-5-4-9(8-19)6-12(16)22/h1-3,7,9H,4-6,8H2,(H2,16,22)/t9-/m1/s1. The third-order valence-corrected chi connectivity index (χ3v) is 3.86. The number of aromatic nitrogens is 4. The van der Waals surface area contributed by atoms with E-state index in [1.54, 1.807) is 0 Å². The van der Waals surface area contributed by atoms with Gasteiger partial charge in [0, 0.05) is 19.5 Å². The molecule has 126 valence electrons. The van der Waals surface area contributed by atoms with Gasteiger partial charge >= 0.3 is 11.7 Å². The molecule has 0 unspecified atom stereocenters. The van der Waals surface area contributed by atoms with Crippen molar-refractivity contribution in [3.05, 3.63) is 40.6 Å². The number of hydrogen-bond acceptors (Lipinski definition) is 5. The van der Waals surface area contributed by atoms with E-state index in [0.29, 0.717) is 24.2 Å². The average Bonchev–Trinajstić information content (AvgIpc) is 3.13. The summed E-state index contributed by atoms with van der Waals surface area (Å²) in [5.41, 5.74) is 4.54. The molecule has 0 radical (unpaired) electrons. The molecule has 0 aliphatic carbocycles. The van der Waals surface area contributed by atoms with Crippen LogP contribution in [0.15, 0.2) is 29.1 Å². The molecule has 0 saturated carbocycles. The smallest absolute Gasteiger partial charge is 0.370 e. The van der Waals surface area contributed by atoms with Crippen LogP contribution in [0, 0.1) is 11.7 Å². The molecule has 1 aromatic carbocycles. The quantitative estimate of drug-likeness (QED) is 0.776. The SMILES string of the molecule is NC(=O)C[C@H]1CCN(C(=O)n2nnn(-c3cccc(F)c3)c2=O)C1. The van der Waals surface area contributed by atoms with Crippen LogP contribution in [-0.2, 0) is 4.79 Å². The predicted octanol–water partition coefficient (Wildman–Crippen LogP) is -0.266. The summed E-state index contributed by atoms with van der Waals surface area (Å²) in [4.78, 5) is 37.1. The molecule has 2 amide bonds. The first-order valence-electron chi connectivity index (χ1n) is 7.34. The van der Waals surface area contributed by atoms with Crippen LogP contribution >= 0.6 is 0 Å². The van der Waals surface area contributed by atoms with E-state index in [4.69, 9.17) is 5.73 Å². The molecule has 0 bridgehead atoms. The Bertz CT molecular complexity index is 845. The Labute approximate surface area is 135 Å². The number of primary amides is 1. The van der Waals surface area contributed by atoms with E-state index in [1.165, 1.54) is 23.1 Å². The lowest BCUT2D eigenvalue weighted by molar-refractivity contribution is -0.118. The molecule has 2 N–H and O–H groups in total. The minimum Gasteiger partial charge on any atom is -0.370 e. The number of halogens is 1. The van der Waals surface area contributed by atoms with Gasteiger partial charge in [0.1, 0.15) is 5.82 Å². The van der Waals surface area contributed by atoms with E-state index in [1.807, 2.05) is 0 Å². The van der Waals surface area contributed by atoms with Crippen molar-refractivity contribution in [2.45, 2.75) is 12.8 Å². The van der Waals surface area contributed by atoms with Crippen LogP contribution in [0.1, 0.15) is 12.8 Å². The number of rotatable bonds is 3. The summed E-state index contributed by atoms with van der Waals surface area (Å²) in [6, 6.07) is 4.62. The van der Waals surface area contributed by atoms with E-state index >= 15 is 0 Å². The Morgan fingerprint density at radius 2 is 2.12 bits per heavy atom. The maximum absolute atomic E-state index is 13.3. The van der Waals surface area contributed by atoms with Crippen molar-refractivity contribution in [1.29, 1.82) is 0 Å². The lowest BCUT2D eigenvalue weighted by Crippen LogP contribution is -2.40. The molecule has 2 aromatic rings. The van der Waals surface area contributed by atoms with E-state index < -0.39 is 23.4 Å². The number of nitrogens with two attached hydrogens (primary N) is 1. The van der Waals surface area contributed by atoms with Gasteiger partial charge in [0.15, 0.2) is 0 Å². The minimum absolute atomic E-state index is 0.0274. The second-order valence-electron chi connectivity index (χ2n) is 5.62. The van der Waals surface area contributed by atoms with Gasteiger partial charge in [0.2, 0.25) is 5.91 Å². The average molecular weight is 334 g/mol. The molecule has 1 atom stereocenters. The number of carbonyl (C=O) groups excluding carboxylic acids is 2. The van der Waals surface area contributed by atoms with Gasteiger partial charge in [0.05, 0.1) is 5.69 Å². The molecule has 24 heavy (non-hydrogen) atoms. The van der Waals surface area contributed by atoms with Crippen molar-refractivity contribution in [2.75, 3.05) is 13.1 Å². The minimum atomic E-state index is -0.788. The summed E-state index contributed by atoms with van der Waals surface area (Å²) in [6.45, 7) is 0.719. The van der Waals surface area contributed by atoms with Gasteiger partial charge in [-0.3, -0.25) is 4.79 Å². The van der Waals surface area contributed by atoms with Crippen molar-refractivity contribution in [3.8, 4) is 5.69 Å². The van der Waals surface area contributed by atoms with E-state index in [9.17, 15) is 18.8 Å². The van der Waals surface area contributed by atoms with Crippen molar-refractivity contribution >= 4 is 11.9 Å². The van der Waals surface area contributed by atoms with Gasteiger partial charge < -0.3 is 10.6 Å². The van der Waals surface area contributed by atoms with Crippen molar-refractivity contribution in [1.82, 2.24) is 24.7 Å². The molecule has 1 fully saturated rings. The largest absolute Gasteiger partial charge is 0.377 e. The Kier molecular flexibility index (Phi) is 4.11. The zero-order valence-corrected chi connectivity index (χ0v) is 12.6. The third kappa shape index (κ3) is 3.03. The van der Waals surface area contributed by atoms with Crippen LogP contribution in [0.25, 0.3) is 5.69 Å². The lowest BCUT2D eigenvalue weighted by atomic mass is 10.1. The van der Waals surface area contributed by atoms with Crippen molar-refractivity contribution in [2.24, 2.45) is 11.7 Å². The number of amides is 2. The number of hydrogen-bond donors (Lipinski definition) is 1. The normalized spacial score (nSPS) is 17.2. The fourth-order valence-corrected chi connectivity index (χ4v) is 2.73. The summed E-state index contributed by atoms with van der Waals surface area (Å²) < 4.78 is 14.7. The summed E-state index contributed by atoms with van der Waals surface area (Å²) in [5, 5.41) is 7.18. The van der Waals surface area contributed by atoms with Crippen LogP contribution in [0.5, 0.6) is 0 Å². The van der Waals surface area contributed by atoms with E-state index in [2.05, 4.69) is 10.4 Å². The first-order valence-corrected chi connectivity index (χ1v) is 7.34. The highest BCUT2D eigenvalue weighted by atomic mass is 19.1. The van der Waals surface area contributed by atoms with Crippen LogP contribution in [0.3, 0.4) is 0 Å². The van der Waals surface area contributed by atoms with Crippen molar-refractivity contribution < 1.29 is 14.0 Å². The molecule has 2 heterocycles. The molecule has 1 aliphatic heterocycles. The second kappa shape index (κ2) is 6.22. The Balaban J connectivity index is 1.80. The summed E-state index contributed by atoms with van der Waals surface area (Å²) >= 11 is 0. The summed E-state index contributed by atoms with van der Waals surface area (Å²) in [7, 11) is 0. The molecule has 1 aromatic heterocycles. The van der Waals surface area contributed by atoms with Crippen LogP contribution in [0.4, 0.5) is 9.18 Å². The maximum Gasteiger partial charge on any atom is 0.377 e. The van der Waals surface area contributed by atoms with Gasteiger partial charge in [-0.25, -0.2) is 14.0 Å².